The molecule has 0 saturated carbocycles. The van der Waals surface area contributed by atoms with Crippen LogP contribution in [0.15, 0.2) is 6.07 Å². The van der Waals surface area contributed by atoms with E-state index >= 15 is 0 Å². The molecule has 0 saturated heterocycles. The lowest BCUT2D eigenvalue weighted by Gasteiger charge is -2.30. The highest BCUT2D eigenvalue weighted by Crippen LogP contribution is 2.36. The normalized spacial score (nSPS) is 16.4. The number of Topliss-reactive ketones (excluding diaryl/α,β-unsaturated/α-hetero) is 2. The van der Waals surface area contributed by atoms with E-state index in [0.29, 0.717) is 12.8 Å². The van der Waals surface area contributed by atoms with Crippen molar-refractivity contribution in [2.45, 2.75) is 72.3 Å². The number of nitrogens with zero attached hydrogens (tertiary/aromatic N) is 1. The summed E-state index contributed by atoms with van der Waals surface area (Å²) < 4.78 is 2.31. The summed E-state index contributed by atoms with van der Waals surface area (Å²) in [7, 11) is 0. The second-order valence-electron chi connectivity index (χ2n) is 7.60. The Morgan fingerprint density at radius 3 is 2.61 bits per heavy atom. The number of carbonyl (C=O) groups is 2. The smallest absolute Gasteiger partial charge is 0.165 e. The van der Waals surface area contributed by atoms with Crippen molar-refractivity contribution in [2.75, 3.05) is 6.61 Å². The zero-order chi connectivity index (χ0) is 17.0. The molecule has 23 heavy (non-hydrogen) atoms. The maximum atomic E-state index is 12.3. The third-order valence-electron chi connectivity index (χ3n) is 4.76. The van der Waals surface area contributed by atoms with Crippen LogP contribution in [0.3, 0.4) is 0 Å². The summed E-state index contributed by atoms with van der Waals surface area (Å²) in [6, 6.07) is 2.05. The summed E-state index contributed by atoms with van der Waals surface area (Å²) >= 11 is 0. The molecule has 0 aromatic carbocycles. The molecule has 0 unspecified atom stereocenters. The third-order valence-corrected chi connectivity index (χ3v) is 4.76. The zero-order valence-corrected chi connectivity index (χ0v) is 14.7. The third kappa shape index (κ3) is 4.54. The van der Waals surface area contributed by atoms with Gasteiger partial charge in [-0.05, 0) is 37.7 Å². The summed E-state index contributed by atoms with van der Waals surface area (Å²) in [5, 5.41) is 8.69. The highest BCUT2D eigenvalue weighted by atomic mass is 16.3. The van der Waals surface area contributed by atoms with E-state index in [1.165, 1.54) is 11.4 Å². The number of ketones is 2. The number of aromatic nitrogens is 1. The van der Waals surface area contributed by atoms with Crippen LogP contribution >= 0.6 is 0 Å². The molecule has 0 aliphatic heterocycles. The zero-order valence-electron chi connectivity index (χ0n) is 14.7. The topological polar surface area (TPSA) is 59.3 Å². The molecular weight excluding hydrogens is 290 g/mol. The first kappa shape index (κ1) is 17.9. The van der Waals surface area contributed by atoms with E-state index in [9.17, 15) is 9.59 Å². The van der Waals surface area contributed by atoms with Crippen LogP contribution in [0.4, 0.5) is 0 Å². The highest BCUT2D eigenvalue weighted by Gasteiger charge is 2.33. The van der Waals surface area contributed by atoms with Gasteiger partial charge in [-0.3, -0.25) is 9.59 Å². The minimum atomic E-state index is -0.335. The largest absolute Gasteiger partial charge is 0.389 e. The van der Waals surface area contributed by atoms with Gasteiger partial charge in [0.05, 0.1) is 0 Å². The van der Waals surface area contributed by atoms with Crippen LogP contribution in [-0.2, 0) is 17.8 Å². The van der Waals surface area contributed by atoms with Crippen molar-refractivity contribution in [2.24, 2.45) is 5.41 Å². The molecule has 1 N–H and O–H groups in total. The van der Waals surface area contributed by atoms with Gasteiger partial charge in [0, 0.05) is 36.3 Å². The van der Waals surface area contributed by atoms with Crippen LogP contribution in [0.5, 0.6) is 0 Å². The number of hydrogen-bond donors (Lipinski definition) is 1. The summed E-state index contributed by atoms with van der Waals surface area (Å²) in [6.07, 6.45) is 6.09. The van der Waals surface area contributed by atoms with Crippen LogP contribution in [0.1, 0.15) is 74.1 Å². The Kier molecular flexibility index (Phi) is 5.79. The molecule has 128 valence electrons. The van der Waals surface area contributed by atoms with Crippen molar-refractivity contribution in [3.05, 3.63) is 23.0 Å². The van der Waals surface area contributed by atoms with Crippen molar-refractivity contribution in [1.82, 2.24) is 4.57 Å². The summed E-state index contributed by atoms with van der Waals surface area (Å²) in [5.74, 6) is 0.210. The first-order valence-corrected chi connectivity index (χ1v) is 8.69. The molecule has 0 amide bonds. The van der Waals surface area contributed by atoms with Gasteiger partial charge in [0.15, 0.2) is 11.6 Å². The van der Waals surface area contributed by atoms with Gasteiger partial charge in [-0.2, -0.15) is 0 Å². The lowest BCUT2D eigenvalue weighted by Crippen LogP contribution is -2.28. The predicted molar refractivity (Wildman–Crippen MR) is 90.8 cm³/mol. The molecule has 1 aliphatic carbocycles. The maximum absolute atomic E-state index is 12.3. The fraction of sp³-hybridized carbons (Fsp3) is 0.684. The van der Waals surface area contributed by atoms with Gasteiger partial charge in [-0.1, -0.05) is 26.7 Å². The van der Waals surface area contributed by atoms with Crippen LogP contribution < -0.4 is 0 Å². The quantitative estimate of drug-likeness (QED) is 0.746. The van der Waals surface area contributed by atoms with Gasteiger partial charge in [0.2, 0.25) is 0 Å². The summed E-state index contributed by atoms with van der Waals surface area (Å²) in [6.45, 7) is 7.02. The van der Waals surface area contributed by atoms with Gasteiger partial charge < -0.3 is 9.67 Å². The monoisotopic (exact) mass is 319 g/mol. The van der Waals surface area contributed by atoms with E-state index in [-0.39, 0.29) is 23.6 Å². The maximum Gasteiger partial charge on any atom is 0.165 e. The van der Waals surface area contributed by atoms with Crippen LogP contribution in [-0.4, -0.2) is 27.8 Å². The van der Waals surface area contributed by atoms with Gasteiger partial charge in [-0.25, -0.2) is 0 Å². The van der Waals surface area contributed by atoms with Gasteiger partial charge in [0.25, 0.3) is 0 Å². The van der Waals surface area contributed by atoms with E-state index in [1.54, 1.807) is 0 Å². The number of hydrogen-bond acceptors (Lipinski definition) is 3. The Balaban J connectivity index is 1.89. The average molecular weight is 319 g/mol. The molecule has 0 spiro atoms. The Bertz CT molecular complexity index is 584. The molecule has 4 heteroatoms. The number of unbranched alkanes of at least 4 members (excludes halogenated alkanes) is 3. The molecular formula is C19H29NO3. The Hall–Kier alpha value is -1.42. The standard InChI is InChI=1S/C19H29NO3/c1-14-10-16-17(11-19(2,3)12-18(16)23)20(14)9-7-5-4-6-8-15(22)13-21/h10,21H,4-9,11-13H2,1-3H3. The summed E-state index contributed by atoms with van der Waals surface area (Å²) in [4.78, 5) is 23.4. The Morgan fingerprint density at radius 1 is 1.22 bits per heavy atom. The van der Waals surface area contributed by atoms with Crippen molar-refractivity contribution in [1.29, 1.82) is 0 Å². The van der Waals surface area contributed by atoms with E-state index in [1.807, 2.05) is 6.07 Å². The van der Waals surface area contributed by atoms with Crippen molar-refractivity contribution < 1.29 is 14.7 Å². The highest BCUT2D eigenvalue weighted by molar-refractivity contribution is 5.99. The van der Waals surface area contributed by atoms with Crippen molar-refractivity contribution >= 4 is 11.6 Å². The second kappa shape index (κ2) is 7.43. The minimum absolute atomic E-state index is 0.0529. The van der Waals surface area contributed by atoms with Gasteiger partial charge in [0.1, 0.15) is 6.61 Å². The SMILES string of the molecule is Cc1cc2c(n1CCCCCCC(=O)CO)CC(C)(C)CC2=O. The van der Waals surface area contributed by atoms with Crippen LogP contribution in [0.2, 0.25) is 0 Å². The number of aliphatic hydroxyl groups excluding tert-OH is 1. The molecule has 4 nitrogen and oxygen atoms in total. The molecule has 1 aliphatic rings. The number of carbonyl (C=O) groups excluding carboxylic acids is 2. The van der Waals surface area contributed by atoms with Crippen molar-refractivity contribution in [3.63, 3.8) is 0 Å². The second-order valence-corrected chi connectivity index (χ2v) is 7.60. The average Bonchev–Trinajstić information content (AvgIpc) is 2.78. The van der Waals surface area contributed by atoms with Crippen LogP contribution in [0.25, 0.3) is 0 Å². The van der Waals surface area contributed by atoms with E-state index in [2.05, 4.69) is 25.3 Å². The molecule has 0 fully saturated rings. The van der Waals surface area contributed by atoms with E-state index < -0.39 is 0 Å². The van der Waals surface area contributed by atoms with E-state index in [0.717, 1.165) is 44.2 Å². The number of aliphatic hydroxyl groups is 1. The minimum Gasteiger partial charge on any atom is -0.389 e. The predicted octanol–water partition coefficient (Wildman–Crippen LogP) is 3.46. The number of aryl methyl sites for hydroxylation is 1. The fourth-order valence-electron chi connectivity index (χ4n) is 3.54. The first-order valence-electron chi connectivity index (χ1n) is 8.69. The Labute approximate surface area is 138 Å². The fourth-order valence-corrected chi connectivity index (χ4v) is 3.54. The van der Waals surface area contributed by atoms with Crippen LogP contribution in [0, 0.1) is 12.3 Å². The first-order chi connectivity index (χ1) is 10.8. The lowest BCUT2D eigenvalue weighted by atomic mass is 9.76. The lowest BCUT2D eigenvalue weighted by molar-refractivity contribution is -0.121. The summed E-state index contributed by atoms with van der Waals surface area (Å²) in [5.41, 5.74) is 3.36. The molecule has 0 atom stereocenters. The molecule has 1 aromatic heterocycles. The molecule has 1 heterocycles. The number of fused-ring (bicyclic) bond motifs is 1. The van der Waals surface area contributed by atoms with Crippen molar-refractivity contribution in [3.8, 4) is 0 Å². The van der Waals surface area contributed by atoms with E-state index in [4.69, 9.17) is 5.11 Å². The van der Waals surface area contributed by atoms with Gasteiger partial charge >= 0.3 is 0 Å². The Morgan fingerprint density at radius 2 is 1.91 bits per heavy atom. The molecule has 1 aromatic rings. The number of rotatable bonds is 8. The van der Waals surface area contributed by atoms with Gasteiger partial charge in [-0.15, -0.1) is 0 Å². The molecule has 2 rings (SSSR count). The molecule has 0 bridgehead atoms. The molecule has 0 radical (unpaired) electrons.